The van der Waals surface area contributed by atoms with Crippen LogP contribution in [0.5, 0.6) is 0 Å². The molecule has 2 rings (SSSR count). The fourth-order valence-corrected chi connectivity index (χ4v) is 2.84. The predicted molar refractivity (Wildman–Crippen MR) is 85.6 cm³/mol. The Balaban J connectivity index is 1.93. The molecule has 0 bridgehead atoms. The smallest absolute Gasteiger partial charge is 0.264 e. The van der Waals surface area contributed by atoms with Crippen molar-refractivity contribution in [2.75, 3.05) is 19.4 Å². The van der Waals surface area contributed by atoms with E-state index in [1.807, 2.05) is 13.8 Å². The summed E-state index contributed by atoms with van der Waals surface area (Å²) >= 11 is 0. The predicted octanol–water partition coefficient (Wildman–Crippen LogP) is 2.07. The average molecular weight is 339 g/mol. The van der Waals surface area contributed by atoms with Gasteiger partial charge < -0.3 is 0 Å². The van der Waals surface area contributed by atoms with Crippen molar-refractivity contribution in [1.29, 1.82) is 0 Å². The first-order chi connectivity index (χ1) is 10.6. The Morgan fingerprint density at radius 2 is 1.57 bits per heavy atom. The Bertz CT molecular complexity index is 689. The van der Waals surface area contributed by atoms with Crippen LogP contribution in [0.4, 0.5) is 0 Å². The molecule has 0 atom stereocenters. The van der Waals surface area contributed by atoms with Crippen LogP contribution in [0, 0.1) is 5.41 Å². The lowest BCUT2D eigenvalue weighted by molar-refractivity contribution is 0.0631. The van der Waals surface area contributed by atoms with Crippen LogP contribution in [0.15, 0.2) is 24.3 Å². The maximum absolute atomic E-state index is 12.3. The van der Waals surface area contributed by atoms with E-state index in [-0.39, 0.29) is 23.8 Å². The standard InChI is InChI=1S/C16H21NO5S/c1-16(2,9-11-22-23(3,20)21)8-10-17-14(18)12-6-4-5-7-13(12)15(17)19/h4-7H,8-11H2,1-3H3. The molecule has 1 aromatic rings. The molecule has 7 heteroatoms. The van der Waals surface area contributed by atoms with E-state index in [0.717, 1.165) is 6.26 Å². The fourth-order valence-electron chi connectivity index (χ4n) is 2.45. The van der Waals surface area contributed by atoms with Crippen LogP contribution in [-0.4, -0.2) is 44.5 Å². The summed E-state index contributed by atoms with van der Waals surface area (Å²) in [5, 5.41) is 0. The van der Waals surface area contributed by atoms with Gasteiger partial charge in [0.1, 0.15) is 0 Å². The second-order valence-electron chi connectivity index (χ2n) is 6.50. The van der Waals surface area contributed by atoms with E-state index < -0.39 is 10.1 Å². The third-order valence-corrected chi connectivity index (χ3v) is 4.56. The van der Waals surface area contributed by atoms with Gasteiger partial charge in [-0.1, -0.05) is 26.0 Å². The molecule has 0 N–H and O–H groups in total. The first-order valence-corrected chi connectivity index (χ1v) is 9.22. The molecule has 1 aromatic carbocycles. The lowest BCUT2D eigenvalue weighted by Crippen LogP contribution is -2.33. The van der Waals surface area contributed by atoms with Crippen molar-refractivity contribution in [3.05, 3.63) is 35.4 Å². The molecular formula is C16H21NO5S. The highest BCUT2D eigenvalue weighted by atomic mass is 32.2. The van der Waals surface area contributed by atoms with Gasteiger partial charge in [-0.05, 0) is 30.4 Å². The number of benzene rings is 1. The molecule has 0 aliphatic carbocycles. The minimum Gasteiger partial charge on any atom is -0.274 e. The zero-order valence-electron chi connectivity index (χ0n) is 13.5. The van der Waals surface area contributed by atoms with Crippen molar-refractivity contribution in [2.24, 2.45) is 5.41 Å². The van der Waals surface area contributed by atoms with Crippen LogP contribution < -0.4 is 0 Å². The summed E-state index contributed by atoms with van der Waals surface area (Å²) in [6.07, 6.45) is 2.10. The van der Waals surface area contributed by atoms with Gasteiger partial charge in [-0.25, -0.2) is 0 Å². The fraction of sp³-hybridized carbons (Fsp3) is 0.500. The lowest BCUT2D eigenvalue weighted by atomic mass is 9.86. The molecule has 6 nitrogen and oxygen atoms in total. The summed E-state index contributed by atoms with van der Waals surface area (Å²) < 4.78 is 26.7. The van der Waals surface area contributed by atoms with E-state index in [4.69, 9.17) is 4.18 Å². The maximum Gasteiger partial charge on any atom is 0.264 e. The molecule has 0 fully saturated rings. The van der Waals surface area contributed by atoms with Crippen LogP contribution in [0.2, 0.25) is 0 Å². The molecule has 0 unspecified atom stereocenters. The van der Waals surface area contributed by atoms with Crippen LogP contribution in [0.3, 0.4) is 0 Å². The van der Waals surface area contributed by atoms with E-state index in [0.29, 0.717) is 30.5 Å². The van der Waals surface area contributed by atoms with Crippen LogP contribution in [0.25, 0.3) is 0 Å². The monoisotopic (exact) mass is 339 g/mol. The van der Waals surface area contributed by atoms with Crippen molar-refractivity contribution in [2.45, 2.75) is 26.7 Å². The van der Waals surface area contributed by atoms with Crippen molar-refractivity contribution in [1.82, 2.24) is 4.90 Å². The molecule has 1 heterocycles. The van der Waals surface area contributed by atoms with Gasteiger partial charge in [0.15, 0.2) is 0 Å². The summed E-state index contributed by atoms with van der Waals surface area (Å²) in [5.41, 5.74) is 0.631. The Kier molecular flexibility index (Phi) is 4.91. The molecule has 0 saturated carbocycles. The van der Waals surface area contributed by atoms with Crippen molar-refractivity contribution in [3.63, 3.8) is 0 Å². The van der Waals surface area contributed by atoms with Gasteiger partial charge in [0.05, 0.1) is 24.0 Å². The number of hydrogen-bond acceptors (Lipinski definition) is 5. The third-order valence-electron chi connectivity index (χ3n) is 3.97. The zero-order valence-corrected chi connectivity index (χ0v) is 14.4. The van der Waals surface area contributed by atoms with E-state index in [2.05, 4.69) is 0 Å². The Labute approximate surface area is 136 Å². The summed E-state index contributed by atoms with van der Waals surface area (Å²) in [4.78, 5) is 25.8. The van der Waals surface area contributed by atoms with Gasteiger partial charge in [-0.2, -0.15) is 8.42 Å². The summed E-state index contributed by atoms with van der Waals surface area (Å²) in [5.74, 6) is -0.539. The van der Waals surface area contributed by atoms with E-state index >= 15 is 0 Å². The minimum absolute atomic E-state index is 0.0912. The highest BCUT2D eigenvalue weighted by molar-refractivity contribution is 7.85. The molecule has 2 amide bonds. The highest BCUT2D eigenvalue weighted by Crippen LogP contribution is 2.28. The number of nitrogens with zero attached hydrogens (tertiary/aromatic N) is 1. The molecular weight excluding hydrogens is 318 g/mol. The van der Waals surface area contributed by atoms with Crippen molar-refractivity contribution >= 4 is 21.9 Å². The molecule has 0 saturated heterocycles. The quantitative estimate of drug-likeness (QED) is 0.561. The van der Waals surface area contributed by atoms with Gasteiger partial charge in [0, 0.05) is 6.54 Å². The number of rotatable bonds is 7. The molecule has 0 aromatic heterocycles. The highest BCUT2D eigenvalue weighted by Gasteiger charge is 2.35. The Hall–Kier alpha value is -1.73. The second kappa shape index (κ2) is 6.41. The van der Waals surface area contributed by atoms with Crippen LogP contribution >= 0.6 is 0 Å². The summed E-state index contributed by atoms with van der Waals surface area (Å²) in [7, 11) is -3.45. The van der Waals surface area contributed by atoms with E-state index in [9.17, 15) is 18.0 Å². The second-order valence-corrected chi connectivity index (χ2v) is 8.14. The van der Waals surface area contributed by atoms with Gasteiger partial charge in [-0.3, -0.25) is 18.7 Å². The first kappa shape index (κ1) is 17.6. The number of amides is 2. The zero-order chi connectivity index (χ0) is 17.3. The Morgan fingerprint density at radius 3 is 2.04 bits per heavy atom. The molecule has 1 aliphatic heterocycles. The minimum atomic E-state index is -3.45. The van der Waals surface area contributed by atoms with E-state index in [1.165, 1.54) is 4.90 Å². The number of carbonyl (C=O) groups excluding carboxylic acids is 2. The van der Waals surface area contributed by atoms with Crippen molar-refractivity contribution in [3.8, 4) is 0 Å². The van der Waals surface area contributed by atoms with Gasteiger partial charge >= 0.3 is 0 Å². The van der Waals surface area contributed by atoms with Crippen LogP contribution in [-0.2, 0) is 14.3 Å². The molecule has 126 valence electrons. The average Bonchev–Trinajstić information content (AvgIpc) is 2.68. The largest absolute Gasteiger partial charge is 0.274 e. The summed E-state index contributed by atoms with van der Waals surface area (Å²) in [6.45, 7) is 4.31. The molecule has 23 heavy (non-hydrogen) atoms. The number of hydrogen-bond donors (Lipinski definition) is 0. The van der Waals surface area contributed by atoms with Gasteiger partial charge in [0.2, 0.25) is 0 Å². The SMILES string of the molecule is CC(C)(CCOS(C)(=O)=O)CCN1C(=O)c2ccccc2C1=O. The number of carbonyl (C=O) groups is 2. The normalized spacial score (nSPS) is 15.2. The van der Waals surface area contributed by atoms with Gasteiger partial charge in [0.25, 0.3) is 21.9 Å². The Morgan fingerprint density at radius 1 is 1.04 bits per heavy atom. The number of fused-ring (bicyclic) bond motifs is 1. The maximum atomic E-state index is 12.3. The topological polar surface area (TPSA) is 80.8 Å². The lowest BCUT2D eigenvalue weighted by Gasteiger charge is -2.26. The molecule has 0 radical (unpaired) electrons. The van der Waals surface area contributed by atoms with E-state index in [1.54, 1.807) is 24.3 Å². The molecule has 0 spiro atoms. The summed E-state index contributed by atoms with van der Waals surface area (Å²) in [6, 6.07) is 6.78. The third kappa shape index (κ3) is 4.39. The first-order valence-electron chi connectivity index (χ1n) is 7.40. The van der Waals surface area contributed by atoms with Crippen molar-refractivity contribution < 1.29 is 22.2 Å². The molecule has 1 aliphatic rings. The van der Waals surface area contributed by atoms with Crippen LogP contribution in [0.1, 0.15) is 47.4 Å². The number of imide groups is 1. The van der Waals surface area contributed by atoms with Gasteiger partial charge in [-0.15, -0.1) is 0 Å².